The molecular weight excluding hydrogens is 331 g/mol. The lowest BCUT2D eigenvalue weighted by Gasteiger charge is -2.10. The van der Waals surface area contributed by atoms with Gasteiger partial charge in [-0.05, 0) is 23.8 Å². The summed E-state index contributed by atoms with van der Waals surface area (Å²) in [5.74, 6) is -0.118. The lowest BCUT2D eigenvalue weighted by Crippen LogP contribution is -2.13. The molecule has 0 N–H and O–H groups in total. The van der Waals surface area contributed by atoms with Crippen molar-refractivity contribution in [1.29, 1.82) is 0 Å². The van der Waals surface area contributed by atoms with Crippen LogP contribution in [0, 0.1) is 0 Å². The first-order valence-corrected chi connectivity index (χ1v) is 6.97. The zero-order chi connectivity index (χ0) is 16.6. The van der Waals surface area contributed by atoms with E-state index in [1.54, 1.807) is 24.3 Å². The molecule has 0 spiro atoms. The number of aromatic nitrogens is 1. The van der Waals surface area contributed by atoms with E-state index in [0.29, 0.717) is 10.6 Å². The van der Waals surface area contributed by atoms with E-state index in [4.69, 9.17) is 16.0 Å². The lowest BCUT2D eigenvalue weighted by molar-refractivity contribution is -0.136. The second-order valence-corrected chi connectivity index (χ2v) is 5.27. The fourth-order valence-electron chi connectivity index (χ4n) is 2.23. The van der Waals surface area contributed by atoms with E-state index >= 15 is 0 Å². The Morgan fingerprint density at radius 1 is 1.09 bits per heavy atom. The van der Waals surface area contributed by atoms with Crippen molar-refractivity contribution in [1.82, 2.24) is 4.98 Å². The van der Waals surface area contributed by atoms with Gasteiger partial charge in [-0.15, -0.1) is 0 Å². The summed E-state index contributed by atoms with van der Waals surface area (Å²) in [6.07, 6.45) is -4.60. The van der Waals surface area contributed by atoms with Crippen molar-refractivity contribution in [2.24, 2.45) is 0 Å². The highest BCUT2D eigenvalue weighted by Crippen LogP contribution is 2.34. The Morgan fingerprint density at radius 2 is 1.83 bits per heavy atom. The highest BCUT2D eigenvalue weighted by Gasteiger charge is 2.34. The van der Waals surface area contributed by atoms with Gasteiger partial charge < -0.3 is 4.42 Å². The smallest absolute Gasteiger partial charge is 0.420 e. The van der Waals surface area contributed by atoms with Crippen LogP contribution < -0.4 is 5.56 Å². The molecule has 0 saturated heterocycles. The molecule has 2 aromatic carbocycles. The van der Waals surface area contributed by atoms with Gasteiger partial charge in [0.1, 0.15) is 0 Å². The number of alkyl halides is 3. The minimum absolute atomic E-state index is 0.0248. The largest absolute Gasteiger partial charge is 0.441 e. The average molecular weight is 340 g/mol. The minimum atomic E-state index is -4.63. The van der Waals surface area contributed by atoms with Gasteiger partial charge in [-0.2, -0.15) is 18.2 Å². The number of rotatable bonds is 2. The Bertz CT molecular complexity index is 934. The molecule has 0 aliphatic carbocycles. The van der Waals surface area contributed by atoms with Crippen molar-refractivity contribution in [2.75, 3.05) is 0 Å². The number of fused-ring (bicyclic) bond motifs is 1. The molecule has 1 heterocycles. The first kappa shape index (κ1) is 15.6. The van der Waals surface area contributed by atoms with Gasteiger partial charge in [0.05, 0.1) is 17.4 Å². The van der Waals surface area contributed by atoms with Crippen LogP contribution in [0.25, 0.3) is 11.0 Å². The van der Waals surface area contributed by atoms with Crippen molar-refractivity contribution < 1.29 is 17.6 Å². The Morgan fingerprint density at radius 3 is 2.52 bits per heavy atom. The van der Waals surface area contributed by atoms with E-state index in [0.717, 1.165) is 12.1 Å². The number of para-hydroxylation sites is 1. The van der Waals surface area contributed by atoms with E-state index in [2.05, 4.69) is 4.98 Å². The summed E-state index contributed by atoms with van der Waals surface area (Å²) in [4.78, 5) is 15.7. The average Bonchev–Trinajstić information content (AvgIpc) is 2.48. The molecule has 0 aliphatic heterocycles. The summed E-state index contributed by atoms with van der Waals surface area (Å²) in [6, 6.07) is 10.0. The van der Waals surface area contributed by atoms with Gasteiger partial charge in [-0.25, -0.2) is 0 Å². The van der Waals surface area contributed by atoms with Crippen molar-refractivity contribution in [2.45, 2.75) is 12.6 Å². The number of benzene rings is 2. The van der Waals surface area contributed by atoms with Gasteiger partial charge in [-0.3, -0.25) is 4.79 Å². The van der Waals surface area contributed by atoms with Gasteiger partial charge in [0.2, 0.25) is 5.89 Å². The van der Waals surface area contributed by atoms with E-state index in [1.165, 1.54) is 6.07 Å². The van der Waals surface area contributed by atoms with Crippen molar-refractivity contribution in [3.05, 3.63) is 74.9 Å². The van der Waals surface area contributed by atoms with E-state index in [1.807, 2.05) is 0 Å². The third-order valence-electron chi connectivity index (χ3n) is 3.30. The van der Waals surface area contributed by atoms with Crippen LogP contribution in [0.3, 0.4) is 0 Å². The molecule has 1 aromatic heterocycles. The summed E-state index contributed by atoms with van der Waals surface area (Å²) in [5, 5.41) is 0.212. The molecule has 7 heteroatoms. The van der Waals surface area contributed by atoms with Crippen LogP contribution in [0.15, 0.2) is 51.7 Å². The predicted molar refractivity (Wildman–Crippen MR) is 79.5 cm³/mol. The number of halogens is 4. The van der Waals surface area contributed by atoms with Crippen LogP contribution in [0.2, 0.25) is 5.02 Å². The summed E-state index contributed by atoms with van der Waals surface area (Å²) in [6.45, 7) is 0. The standard InChI is InChI=1S/C16H9ClF3NO2/c17-12-7-2-1-4-9(12)8-13-21-15(22)10-5-3-6-11(14(10)23-13)16(18,19)20/h1-7H,8H2. The fraction of sp³-hybridized carbons (Fsp3) is 0.125. The molecule has 3 aromatic rings. The third kappa shape index (κ3) is 3.07. The van der Waals surface area contributed by atoms with Gasteiger partial charge in [-0.1, -0.05) is 35.9 Å². The highest BCUT2D eigenvalue weighted by molar-refractivity contribution is 6.31. The molecule has 0 unspecified atom stereocenters. The Kier molecular flexibility index (Phi) is 3.85. The maximum absolute atomic E-state index is 13.1. The monoisotopic (exact) mass is 339 g/mol. The molecule has 3 rings (SSSR count). The van der Waals surface area contributed by atoms with Crippen LogP contribution in [0.1, 0.15) is 17.0 Å². The van der Waals surface area contributed by atoms with Gasteiger partial charge in [0.25, 0.3) is 5.56 Å². The summed E-state index contributed by atoms with van der Waals surface area (Å²) >= 11 is 6.01. The van der Waals surface area contributed by atoms with Crippen LogP contribution in [-0.2, 0) is 12.6 Å². The van der Waals surface area contributed by atoms with Crippen molar-refractivity contribution in [3.63, 3.8) is 0 Å². The number of nitrogens with zero attached hydrogens (tertiary/aromatic N) is 1. The highest BCUT2D eigenvalue weighted by atomic mass is 35.5. The van der Waals surface area contributed by atoms with E-state index in [-0.39, 0.29) is 17.7 Å². The molecular formula is C16H9ClF3NO2. The minimum Gasteiger partial charge on any atom is -0.441 e. The molecule has 0 radical (unpaired) electrons. The molecule has 0 saturated carbocycles. The number of hydrogen-bond donors (Lipinski definition) is 0. The van der Waals surface area contributed by atoms with Gasteiger partial charge >= 0.3 is 6.18 Å². The quantitative estimate of drug-likeness (QED) is 0.692. The SMILES string of the molecule is O=c1nc(Cc2ccccc2Cl)oc2c(C(F)(F)F)cccc12. The molecule has 0 aliphatic rings. The zero-order valence-corrected chi connectivity index (χ0v) is 12.3. The maximum Gasteiger partial charge on any atom is 0.420 e. The molecule has 0 fully saturated rings. The molecule has 3 nitrogen and oxygen atoms in total. The van der Waals surface area contributed by atoms with Crippen LogP contribution >= 0.6 is 11.6 Å². The molecule has 0 amide bonds. The zero-order valence-electron chi connectivity index (χ0n) is 11.5. The molecule has 23 heavy (non-hydrogen) atoms. The molecule has 118 valence electrons. The predicted octanol–water partition coefficient (Wildman–Crippen LogP) is 4.45. The summed E-state index contributed by atoms with van der Waals surface area (Å²) < 4.78 is 44.5. The van der Waals surface area contributed by atoms with Crippen LogP contribution in [0.4, 0.5) is 13.2 Å². The summed E-state index contributed by atoms with van der Waals surface area (Å²) in [7, 11) is 0. The first-order chi connectivity index (χ1) is 10.9. The third-order valence-corrected chi connectivity index (χ3v) is 3.67. The summed E-state index contributed by atoms with van der Waals surface area (Å²) in [5.41, 5.74) is -1.68. The number of hydrogen-bond acceptors (Lipinski definition) is 3. The maximum atomic E-state index is 13.1. The van der Waals surface area contributed by atoms with Gasteiger partial charge in [0, 0.05) is 5.02 Å². The van der Waals surface area contributed by atoms with Crippen LogP contribution in [0.5, 0.6) is 0 Å². The Labute approximate surface area is 133 Å². The van der Waals surface area contributed by atoms with E-state index in [9.17, 15) is 18.0 Å². The second-order valence-electron chi connectivity index (χ2n) is 4.86. The Hall–Kier alpha value is -2.34. The topological polar surface area (TPSA) is 43.1 Å². The fourth-order valence-corrected chi connectivity index (χ4v) is 2.44. The molecule has 0 bridgehead atoms. The normalized spacial score (nSPS) is 11.8. The van der Waals surface area contributed by atoms with Crippen molar-refractivity contribution in [3.8, 4) is 0 Å². The van der Waals surface area contributed by atoms with Crippen LogP contribution in [-0.4, -0.2) is 4.98 Å². The Balaban J connectivity index is 2.17. The van der Waals surface area contributed by atoms with Crippen molar-refractivity contribution >= 4 is 22.6 Å². The second kappa shape index (κ2) is 5.70. The first-order valence-electron chi connectivity index (χ1n) is 6.59. The van der Waals surface area contributed by atoms with E-state index < -0.39 is 22.9 Å². The van der Waals surface area contributed by atoms with Gasteiger partial charge in [0.15, 0.2) is 5.58 Å². The molecule has 0 atom stereocenters. The lowest BCUT2D eigenvalue weighted by atomic mass is 10.1.